The Labute approximate surface area is 118 Å². The summed E-state index contributed by atoms with van der Waals surface area (Å²) in [6, 6.07) is 7.23. The number of hydrogen-bond acceptors (Lipinski definition) is 4. The van der Waals surface area contributed by atoms with Gasteiger partial charge in [0.25, 0.3) is 0 Å². The Morgan fingerprint density at radius 2 is 2.30 bits per heavy atom. The van der Waals surface area contributed by atoms with Gasteiger partial charge in [-0.3, -0.25) is 4.79 Å². The molecule has 2 rings (SSSR count). The summed E-state index contributed by atoms with van der Waals surface area (Å²) in [6.07, 6.45) is 2.99. The minimum absolute atomic E-state index is 0.421. The van der Waals surface area contributed by atoms with Crippen molar-refractivity contribution in [2.45, 2.75) is 26.4 Å². The predicted molar refractivity (Wildman–Crippen MR) is 76.1 cm³/mol. The van der Waals surface area contributed by atoms with Gasteiger partial charge in [-0.15, -0.1) is 5.10 Å². The Bertz CT molecular complexity index is 578. The van der Waals surface area contributed by atoms with Crippen molar-refractivity contribution in [3.05, 3.63) is 47.3 Å². The van der Waals surface area contributed by atoms with Crippen LogP contribution in [0.25, 0.3) is 0 Å². The molecule has 20 heavy (non-hydrogen) atoms. The first-order valence-corrected chi connectivity index (χ1v) is 6.67. The Kier molecular flexibility index (Phi) is 4.84. The van der Waals surface area contributed by atoms with E-state index in [1.165, 1.54) is 0 Å². The van der Waals surface area contributed by atoms with Crippen LogP contribution in [0.15, 0.2) is 30.5 Å². The van der Waals surface area contributed by atoms with Crippen LogP contribution in [-0.2, 0) is 13.1 Å². The maximum absolute atomic E-state index is 11.1. The molecular weight excluding hydrogens is 254 g/mol. The van der Waals surface area contributed by atoms with Crippen molar-refractivity contribution in [2.75, 3.05) is 6.54 Å². The molecule has 0 bridgehead atoms. The summed E-state index contributed by atoms with van der Waals surface area (Å²) in [5.41, 5.74) is 7.65. The standard InChI is InChI=1S/C14H19N5O/c1-2-6-16-8-13-10-19(18-17-13)9-11-4-3-5-12(7-11)14(15)20/h3-5,7,10,16H,2,6,8-9H2,1H3,(H2,15,20). The second-order valence-electron chi connectivity index (χ2n) is 4.65. The lowest BCUT2D eigenvalue weighted by molar-refractivity contribution is 0.1000. The molecule has 0 aliphatic carbocycles. The number of carbonyl (C=O) groups is 1. The van der Waals surface area contributed by atoms with Gasteiger partial charge in [0.15, 0.2) is 0 Å². The zero-order valence-corrected chi connectivity index (χ0v) is 11.5. The van der Waals surface area contributed by atoms with Crippen molar-refractivity contribution in [2.24, 2.45) is 5.73 Å². The summed E-state index contributed by atoms with van der Waals surface area (Å²) in [5.74, 6) is -0.421. The van der Waals surface area contributed by atoms with Crippen LogP contribution >= 0.6 is 0 Å². The van der Waals surface area contributed by atoms with E-state index in [1.54, 1.807) is 16.8 Å². The van der Waals surface area contributed by atoms with Crippen molar-refractivity contribution in [1.82, 2.24) is 20.3 Å². The molecule has 0 radical (unpaired) electrons. The van der Waals surface area contributed by atoms with Crippen LogP contribution in [0.4, 0.5) is 0 Å². The minimum Gasteiger partial charge on any atom is -0.366 e. The molecule has 0 saturated heterocycles. The van der Waals surface area contributed by atoms with E-state index in [-0.39, 0.29) is 0 Å². The molecule has 1 aromatic heterocycles. The van der Waals surface area contributed by atoms with Crippen molar-refractivity contribution >= 4 is 5.91 Å². The first-order valence-electron chi connectivity index (χ1n) is 6.67. The van der Waals surface area contributed by atoms with Crippen LogP contribution in [-0.4, -0.2) is 27.4 Å². The van der Waals surface area contributed by atoms with Gasteiger partial charge in [0.1, 0.15) is 0 Å². The zero-order chi connectivity index (χ0) is 14.4. The first-order chi connectivity index (χ1) is 9.69. The molecule has 1 aromatic carbocycles. The second kappa shape index (κ2) is 6.81. The van der Waals surface area contributed by atoms with Gasteiger partial charge in [0.05, 0.1) is 18.4 Å². The molecule has 2 aromatic rings. The van der Waals surface area contributed by atoms with Gasteiger partial charge in [-0.1, -0.05) is 24.3 Å². The van der Waals surface area contributed by atoms with E-state index in [4.69, 9.17) is 5.73 Å². The topological polar surface area (TPSA) is 85.8 Å². The highest BCUT2D eigenvalue weighted by molar-refractivity contribution is 5.92. The minimum atomic E-state index is -0.421. The molecule has 6 heteroatoms. The van der Waals surface area contributed by atoms with Crippen LogP contribution in [0.5, 0.6) is 0 Å². The summed E-state index contributed by atoms with van der Waals surface area (Å²) >= 11 is 0. The van der Waals surface area contributed by atoms with Gasteiger partial charge in [0, 0.05) is 12.1 Å². The van der Waals surface area contributed by atoms with Crippen LogP contribution in [0, 0.1) is 0 Å². The maximum atomic E-state index is 11.1. The molecule has 3 N–H and O–H groups in total. The molecule has 0 unspecified atom stereocenters. The second-order valence-corrected chi connectivity index (χ2v) is 4.65. The predicted octanol–water partition coefficient (Wildman–Crippen LogP) is 0.925. The van der Waals surface area contributed by atoms with E-state index in [9.17, 15) is 4.79 Å². The highest BCUT2D eigenvalue weighted by Gasteiger charge is 2.04. The smallest absolute Gasteiger partial charge is 0.248 e. The fourth-order valence-electron chi connectivity index (χ4n) is 1.90. The van der Waals surface area contributed by atoms with Gasteiger partial charge in [0.2, 0.25) is 5.91 Å². The Morgan fingerprint density at radius 1 is 1.45 bits per heavy atom. The van der Waals surface area contributed by atoms with E-state index in [0.29, 0.717) is 12.1 Å². The third-order valence-corrected chi connectivity index (χ3v) is 2.88. The number of nitrogens with zero attached hydrogens (tertiary/aromatic N) is 3. The molecule has 6 nitrogen and oxygen atoms in total. The third-order valence-electron chi connectivity index (χ3n) is 2.88. The van der Waals surface area contributed by atoms with Gasteiger partial charge < -0.3 is 11.1 Å². The fourth-order valence-corrected chi connectivity index (χ4v) is 1.90. The third kappa shape index (κ3) is 3.89. The number of aromatic nitrogens is 3. The van der Waals surface area contributed by atoms with Gasteiger partial charge >= 0.3 is 0 Å². The largest absolute Gasteiger partial charge is 0.366 e. The van der Waals surface area contributed by atoms with Crippen LogP contribution in [0.2, 0.25) is 0 Å². The van der Waals surface area contributed by atoms with Crippen molar-refractivity contribution in [1.29, 1.82) is 0 Å². The van der Waals surface area contributed by atoms with Crippen molar-refractivity contribution < 1.29 is 4.79 Å². The van der Waals surface area contributed by atoms with E-state index in [0.717, 1.165) is 30.8 Å². The molecule has 0 aliphatic rings. The van der Waals surface area contributed by atoms with E-state index in [1.807, 2.05) is 18.3 Å². The summed E-state index contributed by atoms with van der Waals surface area (Å²) in [4.78, 5) is 11.1. The Hall–Kier alpha value is -2.21. The average molecular weight is 273 g/mol. The fraction of sp³-hybridized carbons (Fsp3) is 0.357. The molecule has 0 spiro atoms. The molecule has 0 aliphatic heterocycles. The number of nitrogens with one attached hydrogen (secondary N) is 1. The summed E-state index contributed by atoms with van der Waals surface area (Å²) in [5, 5.41) is 11.5. The number of benzene rings is 1. The highest BCUT2D eigenvalue weighted by Crippen LogP contribution is 2.06. The molecule has 0 fully saturated rings. The number of rotatable bonds is 7. The van der Waals surface area contributed by atoms with Crippen LogP contribution in [0.3, 0.4) is 0 Å². The number of amides is 1. The molecule has 0 saturated carbocycles. The van der Waals surface area contributed by atoms with Crippen molar-refractivity contribution in [3.8, 4) is 0 Å². The SMILES string of the molecule is CCCNCc1cn(Cc2cccc(C(N)=O)c2)nn1. The average Bonchev–Trinajstić information content (AvgIpc) is 2.87. The summed E-state index contributed by atoms with van der Waals surface area (Å²) in [6.45, 7) is 4.38. The van der Waals surface area contributed by atoms with Crippen LogP contribution < -0.4 is 11.1 Å². The highest BCUT2D eigenvalue weighted by atomic mass is 16.1. The summed E-state index contributed by atoms with van der Waals surface area (Å²) < 4.78 is 1.75. The summed E-state index contributed by atoms with van der Waals surface area (Å²) in [7, 11) is 0. The number of primary amides is 1. The molecule has 1 heterocycles. The van der Waals surface area contributed by atoms with E-state index in [2.05, 4.69) is 22.6 Å². The Morgan fingerprint density at radius 3 is 3.05 bits per heavy atom. The monoisotopic (exact) mass is 273 g/mol. The Balaban J connectivity index is 1.99. The zero-order valence-electron chi connectivity index (χ0n) is 11.5. The van der Waals surface area contributed by atoms with E-state index < -0.39 is 5.91 Å². The lowest BCUT2D eigenvalue weighted by atomic mass is 10.1. The molecular formula is C14H19N5O. The molecule has 106 valence electrons. The van der Waals surface area contributed by atoms with Gasteiger partial charge in [-0.25, -0.2) is 4.68 Å². The number of hydrogen-bond donors (Lipinski definition) is 2. The van der Waals surface area contributed by atoms with Gasteiger partial charge in [-0.2, -0.15) is 0 Å². The first kappa shape index (κ1) is 14.2. The normalized spacial score (nSPS) is 10.7. The lowest BCUT2D eigenvalue weighted by Crippen LogP contribution is -2.14. The number of carbonyl (C=O) groups excluding carboxylic acids is 1. The maximum Gasteiger partial charge on any atom is 0.248 e. The number of nitrogens with two attached hydrogens (primary N) is 1. The van der Waals surface area contributed by atoms with Gasteiger partial charge in [-0.05, 0) is 30.7 Å². The van der Waals surface area contributed by atoms with Crippen LogP contribution in [0.1, 0.15) is 35.0 Å². The van der Waals surface area contributed by atoms with E-state index >= 15 is 0 Å². The molecule has 0 atom stereocenters. The molecule has 1 amide bonds. The quantitative estimate of drug-likeness (QED) is 0.735. The van der Waals surface area contributed by atoms with Crippen molar-refractivity contribution in [3.63, 3.8) is 0 Å². The lowest BCUT2D eigenvalue weighted by Gasteiger charge is -2.02.